The Balaban J connectivity index is 2.37. The number of benzene rings is 2. The molecule has 1 N–H and O–H groups in total. The van der Waals surface area contributed by atoms with E-state index in [1.165, 1.54) is 6.07 Å². The van der Waals surface area contributed by atoms with Gasteiger partial charge in [-0.3, -0.25) is 9.54 Å². The van der Waals surface area contributed by atoms with E-state index in [9.17, 15) is 13.0 Å². The van der Waals surface area contributed by atoms with Crippen LogP contribution in [0.2, 0.25) is 0 Å². The molecule has 0 amide bonds. The van der Waals surface area contributed by atoms with Crippen molar-refractivity contribution in [3.8, 4) is 22.4 Å². The highest BCUT2D eigenvalue weighted by Gasteiger charge is 2.21. The van der Waals surface area contributed by atoms with E-state index in [2.05, 4.69) is 4.98 Å². The normalized spacial score (nSPS) is 11.3. The van der Waals surface area contributed by atoms with Gasteiger partial charge in [0.05, 0.1) is 5.69 Å². The van der Waals surface area contributed by atoms with Crippen molar-refractivity contribution in [1.29, 1.82) is 0 Å². The molecule has 0 atom stereocenters. The highest BCUT2D eigenvalue weighted by molar-refractivity contribution is 7.86. The van der Waals surface area contributed by atoms with Crippen LogP contribution >= 0.6 is 0 Å². The van der Waals surface area contributed by atoms with Crippen LogP contribution in [0.3, 0.4) is 0 Å². The predicted molar refractivity (Wildman–Crippen MR) is 84.9 cm³/mol. The minimum atomic E-state index is -4.35. The Morgan fingerprint density at radius 1 is 0.818 bits per heavy atom. The van der Waals surface area contributed by atoms with E-state index >= 15 is 0 Å². The van der Waals surface area contributed by atoms with E-state index in [1.807, 2.05) is 36.4 Å². The summed E-state index contributed by atoms with van der Waals surface area (Å²) >= 11 is 0. The molecule has 0 fully saturated rings. The molecule has 3 rings (SSSR count). The first-order valence-electron chi connectivity index (χ1n) is 6.65. The van der Waals surface area contributed by atoms with Crippen LogP contribution in [-0.2, 0) is 10.1 Å². The molecule has 1 aromatic heterocycles. The van der Waals surface area contributed by atoms with E-state index in [0.29, 0.717) is 16.8 Å². The van der Waals surface area contributed by atoms with Gasteiger partial charge in [-0.1, -0.05) is 48.5 Å². The predicted octanol–water partition coefficient (Wildman–Crippen LogP) is 3.66. The fraction of sp³-hybridized carbons (Fsp3) is 0. The van der Waals surface area contributed by atoms with Gasteiger partial charge in [0, 0.05) is 11.8 Å². The Bertz CT molecular complexity index is 892. The molecule has 0 spiro atoms. The fourth-order valence-electron chi connectivity index (χ4n) is 2.38. The number of rotatable bonds is 3. The largest absolute Gasteiger partial charge is 0.295 e. The van der Waals surface area contributed by atoms with Crippen molar-refractivity contribution in [2.24, 2.45) is 0 Å². The second-order valence-electron chi connectivity index (χ2n) is 4.73. The smallest absolute Gasteiger partial charge is 0.282 e. The maximum Gasteiger partial charge on any atom is 0.295 e. The number of nitrogens with zero attached hydrogens (tertiary/aromatic N) is 1. The molecule has 0 bridgehead atoms. The van der Waals surface area contributed by atoms with Crippen molar-refractivity contribution in [3.63, 3.8) is 0 Å². The van der Waals surface area contributed by atoms with Crippen LogP contribution in [0.1, 0.15) is 0 Å². The zero-order valence-corrected chi connectivity index (χ0v) is 12.4. The lowest BCUT2D eigenvalue weighted by molar-refractivity contribution is 0.483. The Labute approximate surface area is 128 Å². The van der Waals surface area contributed by atoms with Gasteiger partial charge in [0.25, 0.3) is 10.1 Å². The zero-order valence-electron chi connectivity index (χ0n) is 11.5. The van der Waals surface area contributed by atoms with Gasteiger partial charge in [0.15, 0.2) is 0 Å². The van der Waals surface area contributed by atoms with Crippen LogP contribution in [0.5, 0.6) is 0 Å². The number of pyridine rings is 1. The summed E-state index contributed by atoms with van der Waals surface area (Å²) in [5.74, 6) is 0. The van der Waals surface area contributed by atoms with Gasteiger partial charge in [-0.05, 0) is 29.3 Å². The molecule has 3 aromatic rings. The van der Waals surface area contributed by atoms with Crippen molar-refractivity contribution in [2.75, 3.05) is 0 Å². The standard InChI is InChI=1S/C17H13NO3S/c19-22(20,21)16-11-6-9-14(13-7-2-1-3-8-13)17(16)15-10-4-5-12-18-15/h1-12H,(H,19,20,21). The average molecular weight is 311 g/mol. The Morgan fingerprint density at radius 2 is 1.55 bits per heavy atom. The summed E-state index contributed by atoms with van der Waals surface area (Å²) in [5.41, 5.74) is 2.45. The van der Waals surface area contributed by atoms with Crippen LogP contribution in [-0.4, -0.2) is 18.0 Å². The van der Waals surface area contributed by atoms with E-state index < -0.39 is 10.1 Å². The summed E-state index contributed by atoms with van der Waals surface area (Å²) in [5, 5.41) is 0. The third kappa shape index (κ3) is 2.77. The second kappa shape index (κ2) is 5.71. The van der Waals surface area contributed by atoms with Gasteiger partial charge < -0.3 is 0 Å². The first-order chi connectivity index (χ1) is 10.6. The van der Waals surface area contributed by atoms with Crippen LogP contribution in [0.4, 0.5) is 0 Å². The van der Waals surface area contributed by atoms with E-state index in [4.69, 9.17) is 0 Å². The molecule has 22 heavy (non-hydrogen) atoms. The number of aromatic nitrogens is 1. The lowest BCUT2D eigenvalue weighted by Gasteiger charge is -2.13. The Hall–Kier alpha value is -2.50. The molecule has 0 aliphatic rings. The number of hydrogen-bond acceptors (Lipinski definition) is 3. The summed E-state index contributed by atoms with van der Waals surface area (Å²) < 4.78 is 33.0. The summed E-state index contributed by atoms with van der Waals surface area (Å²) in [6, 6.07) is 19.4. The van der Waals surface area contributed by atoms with E-state index in [-0.39, 0.29) is 4.90 Å². The monoisotopic (exact) mass is 311 g/mol. The maximum absolute atomic E-state index is 11.7. The molecule has 0 aliphatic carbocycles. The lowest BCUT2D eigenvalue weighted by atomic mass is 9.97. The van der Waals surface area contributed by atoms with Gasteiger partial charge in [-0.15, -0.1) is 0 Å². The molecule has 4 nitrogen and oxygen atoms in total. The summed E-state index contributed by atoms with van der Waals surface area (Å²) in [6.07, 6.45) is 1.59. The first-order valence-corrected chi connectivity index (χ1v) is 8.09. The highest BCUT2D eigenvalue weighted by atomic mass is 32.2. The van der Waals surface area contributed by atoms with Gasteiger partial charge in [0.2, 0.25) is 0 Å². The average Bonchev–Trinajstić information content (AvgIpc) is 2.55. The minimum absolute atomic E-state index is 0.146. The minimum Gasteiger partial charge on any atom is -0.282 e. The third-order valence-electron chi connectivity index (χ3n) is 3.31. The van der Waals surface area contributed by atoms with Gasteiger partial charge in [0.1, 0.15) is 4.90 Å². The highest BCUT2D eigenvalue weighted by Crippen LogP contribution is 2.35. The SMILES string of the molecule is O=S(=O)(O)c1cccc(-c2ccccc2)c1-c1ccccn1. The van der Waals surface area contributed by atoms with Gasteiger partial charge in [-0.25, -0.2) is 0 Å². The van der Waals surface area contributed by atoms with E-state index in [0.717, 1.165) is 5.56 Å². The second-order valence-corrected chi connectivity index (χ2v) is 6.12. The Kier molecular flexibility index (Phi) is 3.75. The van der Waals surface area contributed by atoms with Crippen LogP contribution < -0.4 is 0 Å². The molecule has 0 unspecified atom stereocenters. The van der Waals surface area contributed by atoms with Crippen molar-refractivity contribution in [2.45, 2.75) is 4.90 Å². The molecule has 2 aromatic carbocycles. The van der Waals surface area contributed by atoms with Gasteiger partial charge in [-0.2, -0.15) is 8.42 Å². The Morgan fingerprint density at radius 3 is 2.18 bits per heavy atom. The molecule has 0 saturated carbocycles. The van der Waals surface area contributed by atoms with Crippen LogP contribution in [0.15, 0.2) is 77.8 Å². The molecule has 5 heteroatoms. The molecule has 0 saturated heterocycles. The van der Waals surface area contributed by atoms with Gasteiger partial charge >= 0.3 is 0 Å². The zero-order chi connectivity index (χ0) is 15.6. The number of hydrogen-bond donors (Lipinski definition) is 1. The third-order valence-corrected chi connectivity index (χ3v) is 4.21. The van der Waals surface area contributed by atoms with Crippen molar-refractivity contribution < 1.29 is 13.0 Å². The van der Waals surface area contributed by atoms with Crippen molar-refractivity contribution in [3.05, 3.63) is 72.9 Å². The quantitative estimate of drug-likeness (QED) is 0.750. The molecule has 0 radical (unpaired) electrons. The van der Waals surface area contributed by atoms with Crippen LogP contribution in [0.25, 0.3) is 22.4 Å². The molecule has 0 aliphatic heterocycles. The van der Waals surface area contributed by atoms with Crippen molar-refractivity contribution >= 4 is 10.1 Å². The van der Waals surface area contributed by atoms with E-state index in [1.54, 1.807) is 30.5 Å². The fourth-order valence-corrected chi connectivity index (χ4v) is 3.10. The molecule has 1 heterocycles. The van der Waals surface area contributed by atoms with Crippen LogP contribution in [0, 0.1) is 0 Å². The lowest BCUT2D eigenvalue weighted by Crippen LogP contribution is -2.03. The molecular weight excluding hydrogens is 298 g/mol. The summed E-state index contributed by atoms with van der Waals surface area (Å²) in [4.78, 5) is 4.09. The maximum atomic E-state index is 11.7. The van der Waals surface area contributed by atoms with Crippen molar-refractivity contribution in [1.82, 2.24) is 4.98 Å². The summed E-state index contributed by atoms with van der Waals surface area (Å²) in [6.45, 7) is 0. The topological polar surface area (TPSA) is 67.3 Å². The first kappa shape index (κ1) is 14.4. The molecular formula is C17H13NO3S. The summed E-state index contributed by atoms with van der Waals surface area (Å²) in [7, 11) is -4.35. The molecule has 110 valence electrons.